The van der Waals surface area contributed by atoms with Crippen LogP contribution in [0.1, 0.15) is 13.3 Å². The number of rotatable bonds is 3. The predicted molar refractivity (Wildman–Crippen MR) is 39.7 cm³/mol. The first-order valence-corrected chi connectivity index (χ1v) is 4.04. The van der Waals surface area contributed by atoms with E-state index in [9.17, 15) is 0 Å². The lowest BCUT2D eigenvalue weighted by Gasteiger charge is -1.98. The molecule has 5 nitrogen and oxygen atoms in total. The number of nitriles is 1. The van der Waals surface area contributed by atoms with Gasteiger partial charge < -0.3 is 0 Å². The fourth-order valence-corrected chi connectivity index (χ4v) is 1.19. The molecule has 1 aromatic heterocycles. The maximum atomic E-state index is 8.57. The summed E-state index contributed by atoms with van der Waals surface area (Å²) < 4.78 is 0. The number of hydrogen-bond acceptors (Lipinski definition) is 5. The molecule has 0 saturated heterocycles. The van der Waals surface area contributed by atoms with Crippen LogP contribution in [0.25, 0.3) is 0 Å². The van der Waals surface area contributed by atoms with Crippen molar-refractivity contribution in [3.05, 3.63) is 0 Å². The first kappa shape index (κ1) is 8.01. The third kappa shape index (κ3) is 2.20. The summed E-state index contributed by atoms with van der Waals surface area (Å²) in [5.74, 6) is 0. The van der Waals surface area contributed by atoms with Gasteiger partial charge in [0.15, 0.2) is 0 Å². The molecule has 0 saturated carbocycles. The molecule has 0 amide bonds. The molecule has 0 fully saturated rings. The van der Waals surface area contributed by atoms with Crippen molar-refractivity contribution in [3.8, 4) is 6.07 Å². The SMILES string of the molecule is CCC(C#N)Sc1nn[nH]n1. The van der Waals surface area contributed by atoms with Crippen LogP contribution >= 0.6 is 11.8 Å². The summed E-state index contributed by atoms with van der Waals surface area (Å²) in [6, 6.07) is 2.13. The van der Waals surface area contributed by atoms with Crippen LogP contribution in [0.5, 0.6) is 0 Å². The van der Waals surface area contributed by atoms with Crippen LogP contribution in [0.3, 0.4) is 0 Å². The zero-order valence-corrected chi connectivity index (χ0v) is 6.80. The van der Waals surface area contributed by atoms with E-state index in [1.54, 1.807) is 0 Å². The summed E-state index contributed by atoms with van der Waals surface area (Å²) in [4.78, 5) is 0. The Labute approximate surface area is 68.2 Å². The largest absolute Gasteiger partial charge is 0.232 e. The second-order valence-corrected chi connectivity index (χ2v) is 3.01. The molecule has 0 aromatic carbocycles. The van der Waals surface area contributed by atoms with Gasteiger partial charge in [0.05, 0.1) is 11.3 Å². The van der Waals surface area contributed by atoms with E-state index in [-0.39, 0.29) is 5.25 Å². The molecular weight excluding hydrogens is 162 g/mol. The molecular formula is C5H7N5S. The Bertz CT molecular complexity index is 238. The van der Waals surface area contributed by atoms with E-state index in [1.807, 2.05) is 6.92 Å². The van der Waals surface area contributed by atoms with E-state index < -0.39 is 0 Å². The molecule has 0 radical (unpaired) electrons. The lowest BCUT2D eigenvalue weighted by atomic mass is 10.4. The minimum absolute atomic E-state index is 0.0763. The van der Waals surface area contributed by atoms with Crippen LogP contribution in [-0.2, 0) is 0 Å². The highest BCUT2D eigenvalue weighted by molar-refractivity contribution is 8.00. The van der Waals surface area contributed by atoms with Gasteiger partial charge in [0.25, 0.3) is 0 Å². The minimum atomic E-state index is -0.0763. The number of nitrogens with zero attached hydrogens (tertiary/aromatic N) is 4. The number of thioether (sulfide) groups is 1. The van der Waals surface area contributed by atoms with Gasteiger partial charge in [-0.3, -0.25) is 0 Å². The molecule has 1 N–H and O–H groups in total. The second kappa shape index (κ2) is 3.93. The average molecular weight is 169 g/mol. The molecule has 0 aliphatic carbocycles. The smallest absolute Gasteiger partial charge is 0.197 e. The van der Waals surface area contributed by atoms with Gasteiger partial charge in [-0.25, -0.2) is 0 Å². The van der Waals surface area contributed by atoms with E-state index in [4.69, 9.17) is 5.26 Å². The number of hydrogen-bond donors (Lipinski definition) is 1. The number of aromatic amines is 1. The number of nitrogens with one attached hydrogen (secondary N) is 1. The molecule has 1 heterocycles. The number of H-pyrrole nitrogens is 1. The molecule has 1 rings (SSSR count). The number of aromatic nitrogens is 4. The van der Waals surface area contributed by atoms with Gasteiger partial charge >= 0.3 is 0 Å². The van der Waals surface area contributed by atoms with Crippen molar-refractivity contribution in [2.45, 2.75) is 23.8 Å². The van der Waals surface area contributed by atoms with Crippen LogP contribution in [0.4, 0.5) is 0 Å². The van der Waals surface area contributed by atoms with Crippen molar-refractivity contribution in [2.24, 2.45) is 0 Å². The monoisotopic (exact) mass is 169 g/mol. The van der Waals surface area contributed by atoms with Crippen molar-refractivity contribution in [3.63, 3.8) is 0 Å². The highest BCUT2D eigenvalue weighted by Crippen LogP contribution is 2.19. The average Bonchev–Trinajstić information content (AvgIpc) is 2.52. The Morgan fingerprint density at radius 1 is 1.82 bits per heavy atom. The van der Waals surface area contributed by atoms with Crippen molar-refractivity contribution >= 4 is 11.8 Å². The van der Waals surface area contributed by atoms with Gasteiger partial charge in [-0.2, -0.15) is 10.5 Å². The second-order valence-electron chi connectivity index (χ2n) is 1.84. The first-order valence-electron chi connectivity index (χ1n) is 3.16. The molecule has 0 aliphatic rings. The summed E-state index contributed by atoms with van der Waals surface area (Å²) in [5.41, 5.74) is 0. The third-order valence-corrected chi connectivity index (χ3v) is 2.20. The standard InChI is InChI=1S/C5H7N5S/c1-2-4(3-6)11-5-7-9-10-8-5/h4H,2H2,1H3,(H,7,8,9,10). The Hall–Kier alpha value is -1.09. The summed E-state index contributed by atoms with van der Waals surface area (Å²) >= 11 is 1.32. The van der Waals surface area contributed by atoms with Gasteiger partial charge in [-0.15, -0.1) is 10.2 Å². The molecule has 1 atom stereocenters. The lowest BCUT2D eigenvalue weighted by Crippen LogP contribution is -1.95. The normalized spacial score (nSPS) is 12.4. The zero-order valence-electron chi connectivity index (χ0n) is 5.98. The third-order valence-electron chi connectivity index (χ3n) is 1.09. The van der Waals surface area contributed by atoms with Crippen molar-refractivity contribution in [1.29, 1.82) is 5.26 Å². The summed E-state index contributed by atoms with van der Waals surface area (Å²) in [6.45, 7) is 1.95. The molecule has 1 aromatic rings. The fourth-order valence-electron chi connectivity index (χ4n) is 0.531. The van der Waals surface area contributed by atoms with Gasteiger partial charge in [0, 0.05) is 0 Å². The van der Waals surface area contributed by atoms with E-state index in [0.717, 1.165) is 6.42 Å². The Morgan fingerprint density at radius 2 is 2.64 bits per heavy atom. The van der Waals surface area contributed by atoms with Gasteiger partial charge in [-0.05, 0) is 11.6 Å². The van der Waals surface area contributed by atoms with E-state index in [0.29, 0.717) is 5.16 Å². The maximum absolute atomic E-state index is 8.57. The van der Waals surface area contributed by atoms with Crippen LogP contribution in [-0.4, -0.2) is 25.9 Å². The van der Waals surface area contributed by atoms with Crippen LogP contribution in [0, 0.1) is 11.3 Å². The molecule has 11 heavy (non-hydrogen) atoms. The molecule has 6 heteroatoms. The first-order chi connectivity index (χ1) is 5.36. The van der Waals surface area contributed by atoms with Gasteiger partial charge in [0.2, 0.25) is 5.16 Å². The topological polar surface area (TPSA) is 78.2 Å². The molecule has 0 bridgehead atoms. The van der Waals surface area contributed by atoms with E-state index >= 15 is 0 Å². The quantitative estimate of drug-likeness (QED) is 0.670. The van der Waals surface area contributed by atoms with Gasteiger partial charge in [-0.1, -0.05) is 18.7 Å². The molecule has 58 valence electrons. The number of tetrazole rings is 1. The Kier molecular flexibility index (Phi) is 2.86. The van der Waals surface area contributed by atoms with Crippen molar-refractivity contribution in [2.75, 3.05) is 0 Å². The summed E-state index contributed by atoms with van der Waals surface area (Å²) in [7, 11) is 0. The van der Waals surface area contributed by atoms with Crippen LogP contribution in [0.2, 0.25) is 0 Å². The van der Waals surface area contributed by atoms with Gasteiger partial charge in [0.1, 0.15) is 0 Å². The highest BCUT2D eigenvalue weighted by Gasteiger charge is 2.08. The van der Waals surface area contributed by atoms with Crippen LogP contribution in [0.15, 0.2) is 5.16 Å². The minimum Gasteiger partial charge on any atom is -0.197 e. The molecule has 1 unspecified atom stereocenters. The summed E-state index contributed by atoms with van der Waals surface area (Å²) in [5, 5.41) is 22.2. The lowest BCUT2D eigenvalue weighted by molar-refractivity contribution is 0.881. The summed E-state index contributed by atoms with van der Waals surface area (Å²) in [6.07, 6.45) is 0.787. The Balaban J connectivity index is 2.49. The molecule has 0 spiro atoms. The van der Waals surface area contributed by atoms with Crippen LogP contribution < -0.4 is 0 Å². The van der Waals surface area contributed by atoms with Crippen molar-refractivity contribution < 1.29 is 0 Å². The van der Waals surface area contributed by atoms with Crippen molar-refractivity contribution in [1.82, 2.24) is 20.6 Å². The van der Waals surface area contributed by atoms with E-state index in [1.165, 1.54) is 11.8 Å². The fraction of sp³-hybridized carbons (Fsp3) is 0.600. The maximum Gasteiger partial charge on any atom is 0.232 e. The predicted octanol–water partition coefficient (Wildman–Crippen LogP) is 0.594. The van der Waals surface area contributed by atoms with E-state index in [2.05, 4.69) is 26.7 Å². The highest BCUT2D eigenvalue weighted by atomic mass is 32.2. The molecule has 0 aliphatic heterocycles. The zero-order chi connectivity index (χ0) is 8.10. The Morgan fingerprint density at radius 3 is 3.09 bits per heavy atom.